The Balaban J connectivity index is -0.000000209. The van der Waals surface area contributed by atoms with Crippen molar-refractivity contribution in [1.29, 1.82) is 0 Å². The third kappa shape index (κ3) is 60.1. The fraction of sp³-hybridized carbons (Fsp3) is 0.500. The third-order valence-corrected chi connectivity index (χ3v) is 20.4. The van der Waals surface area contributed by atoms with Gasteiger partial charge < -0.3 is 38.8 Å². The number of nitrogens with one attached hydrogen (secondary N) is 1. The Labute approximate surface area is 880 Å². The van der Waals surface area contributed by atoms with Gasteiger partial charge in [0.05, 0.1) is 73.4 Å². The van der Waals surface area contributed by atoms with Crippen molar-refractivity contribution in [3.05, 3.63) is 200 Å². The van der Waals surface area contributed by atoms with Gasteiger partial charge in [0.2, 0.25) is 0 Å². The molecule has 0 aliphatic rings. The number of aromatic amines is 1. The van der Waals surface area contributed by atoms with Crippen LogP contribution in [0, 0.1) is 113 Å². The number of aryl methyl sites for hydroxylation is 8. The first-order valence-corrected chi connectivity index (χ1v) is 70.4. The average Bonchev–Trinajstić information content (AvgIpc) is 1.67. The van der Waals surface area contributed by atoms with E-state index in [9.17, 15) is 50.6 Å². The number of aromatic nitrogens is 8. The Morgan fingerprint density at radius 2 is 0.648 bits per heavy atom. The topological polar surface area (TPSA) is 404 Å². The van der Waals surface area contributed by atoms with Crippen molar-refractivity contribution in [1.82, 2.24) is 39.5 Å². The summed E-state index contributed by atoms with van der Waals surface area (Å²) in [5.41, 5.74) is 30.0. The number of H-pyrrole nitrogens is 1. The van der Waals surface area contributed by atoms with Crippen LogP contribution >= 0.6 is 218 Å². The Bertz CT molecular complexity index is 4540. The summed E-state index contributed by atoms with van der Waals surface area (Å²) >= 11 is 23.7. The van der Waals surface area contributed by atoms with E-state index in [4.69, 9.17) is 31.4 Å². The molecule has 0 aliphatic carbocycles. The van der Waals surface area contributed by atoms with E-state index in [0.29, 0.717) is 31.0 Å². The third-order valence-electron chi connectivity index (χ3n) is 15.3. The fourth-order valence-electron chi connectivity index (χ4n) is 9.86. The van der Waals surface area contributed by atoms with Crippen LogP contribution in [0.5, 0.6) is 0 Å². The molecule has 4 aromatic heterocycles. The van der Waals surface area contributed by atoms with E-state index in [0.717, 1.165) is 128 Å². The first-order chi connectivity index (χ1) is 54.9. The van der Waals surface area contributed by atoms with Crippen LogP contribution in [0.1, 0.15) is 123 Å². The molecule has 6 aromatic carbocycles. The number of alkyl halides is 7. The van der Waals surface area contributed by atoms with Crippen molar-refractivity contribution in [2.24, 2.45) is 0 Å². The number of nitro groups is 5. The first kappa shape index (κ1) is 138. The normalized spacial score (nSPS) is 10.3. The standard InChI is InChI=1S/2C14H21N3O3Si.C14H23N3OSi.C8H7N3O2.2C8H10N2O2.C2H3I3.C2H4I2.2C2H5I.C2H6.5CH4.CH3.3HI.V/c2*1-11-7-13(17(18)19)8-12-9-15-16(14(11)12)10-20-5-6-21(2,3)4;1-11-7-13(15)8-12-9-16-17(14(11)12)10-18-5-6-19(2,3)4;1-5-2-7(11(12)13)3-6-4-9-10-8(5)6;2*1-5-3-7(10(11)12)4-6(2)8(5)9;1-2(3,4)5;1-2(3)4;2*1-2-3;1-2;;;;;;;;;;/h2*7-9H,5-6,10H2,1-4H3;7-9H,5-6,10,15H2,1-4H3;2-4H,1H3,(H,9,10);2*3-4H,9H2,1-2H3;1H3;2H,1H3;2*2H2,1H3;1-2H3;5*1H4;1H3;3*1H;/q;;;;;;;;;;;;;;;;-1;;;;+3/p-3. The van der Waals surface area contributed by atoms with Crippen molar-refractivity contribution in [3.63, 3.8) is 0 Å². The number of nitrogen functional groups attached to an aromatic ring is 3. The zero-order valence-corrected chi connectivity index (χ0v) is 98.7. The van der Waals surface area contributed by atoms with Crippen molar-refractivity contribution in [2.75, 3.05) is 45.9 Å². The second-order valence-corrected chi connectivity index (χ2v) is 104. The number of hydrogen-bond acceptors (Lipinski definition) is 20. The number of rotatable bonds is 20. The molecule has 0 saturated heterocycles. The first-order valence-electron chi connectivity index (χ1n) is 36.9. The summed E-state index contributed by atoms with van der Waals surface area (Å²) in [6.07, 6.45) is 6.73. The molecule has 0 amide bonds. The number of anilines is 3. The van der Waals surface area contributed by atoms with Gasteiger partial charge in [-0.2, -0.15) is 20.4 Å². The summed E-state index contributed by atoms with van der Waals surface area (Å²) in [5, 5.41) is 75.9. The number of halogens is 10. The van der Waals surface area contributed by atoms with Gasteiger partial charge in [-0.1, -0.05) is 282 Å². The average molecular weight is 2960 g/mol. The Morgan fingerprint density at radius 1 is 0.440 bits per heavy atom. The number of fused-ring (bicyclic) bond motifs is 4. The monoisotopic (exact) mass is 2960 g/mol. The number of non-ortho nitro benzene ring substituents is 5. The van der Waals surface area contributed by atoms with Crippen molar-refractivity contribution >= 4 is 331 Å². The molecule has 0 saturated carbocycles. The van der Waals surface area contributed by atoms with Gasteiger partial charge in [0, 0.05) is 143 Å². The molecule has 0 radical (unpaired) electrons. The fourth-order valence-corrected chi connectivity index (χ4v) is 12.1. The van der Waals surface area contributed by atoms with E-state index in [-0.39, 0.29) is 87.8 Å². The summed E-state index contributed by atoms with van der Waals surface area (Å²) in [4.78, 5) is 50.7. The molecular weight excluding hydrogens is 2820 g/mol. The molecule has 0 aliphatic heterocycles. The number of nitrogens with two attached hydrogens (primary N) is 3. The summed E-state index contributed by atoms with van der Waals surface area (Å²) in [6.45, 7) is 51.6. The van der Waals surface area contributed by atoms with Crippen LogP contribution in [0.4, 0.5) is 45.5 Å². The molecule has 43 heteroatoms. The Morgan fingerprint density at radius 3 is 0.888 bits per heavy atom. The van der Waals surface area contributed by atoms with E-state index < -0.39 is 39.0 Å². The van der Waals surface area contributed by atoms with Gasteiger partial charge in [0.1, 0.15) is 19.6 Å². The number of ether oxygens (including phenoxy) is 3. The number of benzene rings is 6. The molecule has 0 spiro atoms. The molecule has 29 nitrogen and oxygen atoms in total. The zero-order chi connectivity index (χ0) is 92.4. The van der Waals surface area contributed by atoms with E-state index in [2.05, 4.69) is 337 Å². The molecule has 7 N–H and O–H groups in total. The summed E-state index contributed by atoms with van der Waals surface area (Å²) in [6, 6.07) is 22.5. The molecule has 0 fully saturated rings. The zero-order valence-electron chi connectivity index (χ0n) is 72.7. The number of nitro benzene ring substituents is 5. The Kier molecular flexibility index (Phi) is 78.3. The van der Waals surface area contributed by atoms with Gasteiger partial charge in [0.25, 0.3) is 28.4 Å². The van der Waals surface area contributed by atoms with E-state index in [1.807, 2.05) is 57.6 Å². The summed E-state index contributed by atoms with van der Waals surface area (Å²) in [7, 11) is -3.21. The van der Waals surface area contributed by atoms with Crippen LogP contribution in [-0.2, 0) is 39.3 Å². The van der Waals surface area contributed by atoms with Crippen LogP contribution in [0.2, 0.25) is 77.1 Å². The molecule has 712 valence electrons. The van der Waals surface area contributed by atoms with Crippen molar-refractivity contribution < 1.29 is 43.7 Å². The van der Waals surface area contributed by atoms with Crippen LogP contribution in [-0.4, -0.2) is 118 Å². The van der Waals surface area contributed by atoms with Gasteiger partial charge in [-0.3, -0.25) is 55.7 Å². The second kappa shape index (κ2) is 70.7. The van der Waals surface area contributed by atoms with Crippen molar-refractivity contribution in [3.8, 4) is 0 Å². The Hall–Kier alpha value is -1.98. The predicted molar refractivity (Wildman–Crippen MR) is 625 cm³/mol. The maximum atomic E-state index is 10.9. The van der Waals surface area contributed by atoms with Gasteiger partial charge in [-0.05, 0) is 153 Å². The van der Waals surface area contributed by atoms with Gasteiger partial charge in [-0.15, -0.1) is 0 Å². The SMILES string of the molecule is C.C.C.C.C.CC.CC(I)(I)I.CC(I)I.CCI.CCI.Cc1cc(N)cc2cnn(COCC[Si](C)(C)C)c12.Cc1cc([N+](=O)[O-])cc(C)c1N.Cc1cc([N+](=O)[O-])cc(C)c1N.Cc1cc([N+](=O)[O-])cc2cn[nH]c12.Cc1cc([N+](=O)[O-])cc2cnn(COCC[Si](C)(C)C)c12.Cc1cc([N+](=O)[O-])cc2cnn(COCC[Si](C)(C)C)c12.[CH3-].[I][V]([I])[I]. The van der Waals surface area contributed by atoms with E-state index >= 15 is 0 Å². The predicted octanol–water partition coefficient (Wildman–Crippen LogP) is 31.1. The second-order valence-electron chi connectivity index (χ2n) is 29.5. The minimum atomic E-state index is -1.09. The number of hydrogen-bond donors (Lipinski definition) is 4. The quantitative estimate of drug-likeness (QED) is 0.00804. The van der Waals surface area contributed by atoms with Crippen LogP contribution < -0.4 is 17.2 Å². The molecule has 10 rings (SSSR count). The van der Waals surface area contributed by atoms with Crippen LogP contribution in [0.3, 0.4) is 0 Å². The summed E-state index contributed by atoms with van der Waals surface area (Å²) < 4.78 is 26.2. The maximum absolute atomic E-state index is 10.9. The molecule has 10 aromatic rings. The molecule has 0 atom stereocenters. The van der Waals surface area contributed by atoms with E-state index in [1.54, 1.807) is 79.9 Å². The summed E-state index contributed by atoms with van der Waals surface area (Å²) in [5.74, 6) is 0. The van der Waals surface area contributed by atoms with Crippen LogP contribution in [0.25, 0.3) is 43.6 Å². The van der Waals surface area contributed by atoms with Gasteiger partial charge in [-0.25, -0.2) is 14.0 Å². The molecule has 4 heterocycles. The van der Waals surface area contributed by atoms with Crippen LogP contribution in [0.15, 0.2) is 97.6 Å². The molecule has 125 heavy (non-hydrogen) atoms. The minimum absolute atomic E-state index is 0. The number of nitrogens with zero attached hydrogens (tertiary/aromatic N) is 12. The van der Waals surface area contributed by atoms with Gasteiger partial charge >= 0.3 is 64.9 Å². The molecule has 0 unspecified atom stereocenters. The van der Waals surface area contributed by atoms with E-state index in [1.165, 1.54) is 51.3 Å². The van der Waals surface area contributed by atoms with Gasteiger partial charge in [0.15, 0.2) is 0 Å². The molecular formula is C82H138I10N16O13Si3V-. The molecule has 0 bridgehead atoms. The van der Waals surface area contributed by atoms with Crippen molar-refractivity contribution in [2.45, 2.75) is 233 Å².